The molecule has 0 N–H and O–H groups in total. The van der Waals surface area contributed by atoms with Crippen LogP contribution >= 0.6 is 0 Å². The third kappa shape index (κ3) is 6.87. The molecule has 0 spiro atoms. The molecule has 0 aliphatic carbocycles. The number of nitrogens with zero attached hydrogens (tertiary/aromatic N) is 1. The molecule has 0 saturated heterocycles. The van der Waals surface area contributed by atoms with Crippen molar-refractivity contribution in [1.82, 2.24) is 4.90 Å². The van der Waals surface area contributed by atoms with Crippen LogP contribution in [0.3, 0.4) is 0 Å². The van der Waals surface area contributed by atoms with E-state index in [1.807, 2.05) is 12.1 Å². The number of hydrogen-bond donors (Lipinski definition) is 0. The number of ether oxygens (including phenoxy) is 1. The van der Waals surface area contributed by atoms with Gasteiger partial charge in [0.2, 0.25) is 0 Å². The molecule has 124 valence electrons. The molecule has 2 aromatic rings. The third-order valence-corrected chi connectivity index (χ3v) is 3.96. The summed E-state index contributed by atoms with van der Waals surface area (Å²) in [7, 11) is 4.27. The van der Waals surface area contributed by atoms with Gasteiger partial charge in [0.25, 0.3) is 0 Å². The minimum atomic E-state index is 0.811. The summed E-state index contributed by atoms with van der Waals surface area (Å²) < 4.78 is 5.90. The van der Waals surface area contributed by atoms with Gasteiger partial charge in [0.05, 0.1) is 6.61 Å². The van der Waals surface area contributed by atoms with E-state index in [4.69, 9.17) is 4.74 Å². The Morgan fingerprint density at radius 1 is 0.739 bits per heavy atom. The summed E-state index contributed by atoms with van der Waals surface area (Å²) in [4.78, 5) is 2.25. The van der Waals surface area contributed by atoms with E-state index in [9.17, 15) is 0 Å². The average molecular weight is 311 g/mol. The molecule has 0 fully saturated rings. The van der Waals surface area contributed by atoms with Crippen molar-refractivity contribution in [3.8, 4) is 16.9 Å². The molecule has 0 bridgehead atoms. The number of hydrogen-bond acceptors (Lipinski definition) is 2. The van der Waals surface area contributed by atoms with Crippen LogP contribution in [0.15, 0.2) is 54.6 Å². The third-order valence-electron chi connectivity index (χ3n) is 3.96. The lowest BCUT2D eigenvalue weighted by Gasteiger charge is -2.09. The monoisotopic (exact) mass is 311 g/mol. The second-order valence-electron chi connectivity index (χ2n) is 6.31. The molecule has 0 aromatic heterocycles. The van der Waals surface area contributed by atoms with Gasteiger partial charge in [-0.3, -0.25) is 0 Å². The maximum Gasteiger partial charge on any atom is 0.119 e. The number of benzene rings is 2. The first-order chi connectivity index (χ1) is 11.3. The highest BCUT2D eigenvalue weighted by Gasteiger charge is 2.00. The Morgan fingerprint density at radius 2 is 1.43 bits per heavy atom. The minimum absolute atomic E-state index is 0.811. The summed E-state index contributed by atoms with van der Waals surface area (Å²) in [5, 5.41) is 0. The molecule has 2 nitrogen and oxygen atoms in total. The fraction of sp³-hybridized carbons (Fsp3) is 0.429. The summed E-state index contributed by atoms with van der Waals surface area (Å²) in [6.45, 7) is 2.01. The first kappa shape index (κ1) is 17.6. The van der Waals surface area contributed by atoms with E-state index in [0.717, 1.165) is 18.8 Å². The van der Waals surface area contributed by atoms with Gasteiger partial charge < -0.3 is 9.64 Å². The number of rotatable bonds is 10. The van der Waals surface area contributed by atoms with Crippen LogP contribution in [0.1, 0.15) is 32.1 Å². The fourth-order valence-corrected chi connectivity index (χ4v) is 2.65. The van der Waals surface area contributed by atoms with E-state index in [0.29, 0.717) is 0 Å². The van der Waals surface area contributed by atoms with Crippen LogP contribution in [-0.4, -0.2) is 32.1 Å². The van der Waals surface area contributed by atoms with E-state index in [2.05, 4.69) is 61.5 Å². The summed E-state index contributed by atoms with van der Waals surface area (Å²) in [6, 6.07) is 18.8. The summed E-state index contributed by atoms with van der Waals surface area (Å²) in [5.74, 6) is 0.971. The van der Waals surface area contributed by atoms with Crippen molar-refractivity contribution < 1.29 is 4.74 Å². The molecule has 0 saturated carbocycles. The topological polar surface area (TPSA) is 12.5 Å². The molecule has 0 radical (unpaired) electrons. The molecule has 0 aliphatic heterocycles. The minimum Gasteiger partial charge on any atom is -0.494 e. The highest BCUT2D eigenvalue weighted by atomic mass is 16.5. The lowest BCUT2D eigenvalue weighted by Crippen LogP contribution is -2.12. The summed E-state index contributed by atoms with van der Waals surface area (Å²) in [6.07, 6.45) is 6.32. The lowest BCUT2D eigenvalue weighted by molar-refractivity contribution is 0.303. The van der Waals surface area contributed by atoms with E-state index in [1.54, 1.807) is 0 Å². The van der Waals surface area contributed by atoms with Crippen molar-refractivity contribution in [2.75, 3.05) is 27.2 Å². The van der Waals surface area contributed by atoms with Crippen molar-refractivity contribution in [2.45, 2.75) is 32.1 Å². The predicted octanol–water partition coefficient (Wildman–Crippen LogP) is 5.24. The van der Waals surface area contributed by atoms with Crippen LogP contribution < -0.4 is 4.74 Å². The van der Waals surface area contributed by atoms with Gasteiger partial charge in [-0.1, -0.05) is 61.7 Å². The zero-order valence-corrected chi connectivity index (χ0v) is 14.5. The molecular formula is C21H29NO. The first-order valence-electron chi connectivity index (χ1n) is 8.69. The normalized spacial score (nSPS) is 10.9. The molecular weight excluding hydrogens is 282 g/mol. The molecule has 0 aliphatic rings. The highest BCUT2D eigenvalue weighted by molar-refractivity contribution is 5.64. The quantitative estimate of drug-likeness (QED) is 0.556. The van der Waals surface area contributed by atoms with Gasteiger partial charge in [-0.25, -0.2) is 0 Å². The average Bonchev–Trinajstić information content (AvgIpc) is 2.58. The largest absolute Gasteiger partial charge is 0.494 e. The smallest absolute Gasteiger partial charge is 0.119 e. The van der Waals surface area contributed by atoms with E-state index >= 15 is 0 Å². The Labute approximate surface area is 141 Å². The van der Waals surface area contributed by atoms with Crippen LogP contribution in [0.5, 0.6) is 5.75 Å². The fourth-order valence-electron chi connectivity index (χ4n) is 2.65. The maximum absolute atomic E-state index is 5.90. The van der Waals surface area contributed by atoms with Gasteiger partial charge in [-0.05, 0) is 56.7 Å². The first-order valence-corrected chi connectivity index (χ1v) is 8.69. The van der Waals surface area contributed by atoms with Crippen molar-refractivity contribution in [2.24, 2.45) is 0 Å². The van der Waals surface area contributed by atoms with Crippen LogP contribution in [0.2, 0.25) is 0 Å². The Balaban J connectivity index is 1.66. The molecule has 0 amide bonds. The summed E-state index contributed by atoms with van der Waals surface area (Å²) in [5.41, 5.74) is 2.45. The van der Waals surface area contributed by atoms with Crippen molar-refractivity contribution in [3.63, 3.8) is 0 Å². The van der Waals surface area contributed by atoms with Gasteiger partial charge in [-0.2, -0.15) is 0 Å². The lowest BCUT2D eigenvalue weighted by atomic mass is 10.1. The van der Waals surface area contributed by atoms with Crippen molar-refractivity contribution in [1.29, 1.82) is 0 Å². The molecule has 2 rings (SSSR count). The van der Waals surface area contributed by atoms with E-state index in [-0.39, 0.29) is 0 Å². The molecule has 23 heavy (non-hydrogen) atoms. The Bertz CT molecular complexity index is 551. The highest BCUT2D eigenvalue weighted by Crippen LogP contribution is 2.23. The van der Waals surface area contributed by atoms with E-state index < -0.39 is 0 Å². The Kier molecular flexibility index (Phi) is 7.68. The van der Waals surface area contributed by atoms with Crippen LogP contribution in [0, 0.1) is 0 Å². The van der Waals surface area contributed by atoms with Gasteiger partial charge in [0.1, 0.15) is 5.75 Å². The van der Waals surface area contributed by atoms with Gasteiger partial charge in [0.15, 0.2) is 0 Å². The second-order valence-corrected chi connectivity index (χ2v) is 6.31. The second kappa shape index (κ2) is 10.1. The SMILES string of the molecule is CN(C)CCCCCCCOc1cccc(-c2ccccc2)c1. The molecule has 2 aromatic carbocycles. The van der Waals surface area contributed by atoms with E-state index in [1.165, 1.54) is 43.4 Å². The van der Waals surface area contributed by atoms with Gasteiger partial charge >= 0.3 is 0 Å². The standard InChI is InChI=1S/C21H29NO/c1-22(2)16-9-4-3-5-10-17-23-21-15-11-14-20(18-21)19-12-7-6-8-13-19/h6-8,11-15,18H,3-5,9-10,16-17H2,1-2H3. The molecule has 0 unspecified atom stereocenters. The Morgan fingerprint density at radius 3 is 2.22 bits per heavy atom. The Hall–Kier alpha value is -1.80. The summed E-state index contributed by atoms with van der Waals surface area (Å²) >= 11 is 0. The van der Waals surface area contributed by atoms with Crippen molar-refractivity contribution in [3.05, 3.63) is 54.6 Å². The van der Waals surface area contributed by atoms with Gasteiger partial charge in [-0.15, -0.1) is 0 Å². The zero-order valence-electron chi connectivity index (χ0n) is 14.5. The molecule has 2 heteroatoms. The molecule has 0 heterocycles. The molecule has 0 atom stereocenters. The van der Waals surface area contributed by atoms with Crippen LogP contribution in [0.25, 0.3) is 11.1 Å². The van der Waals surface area contributed by atoms with Gasteiger partial charge in [0, 0.05) is 0 Å². The van der Waals surface area contributed by atoms with Crippen molar-refractivity contribution >= 4 is 0 Å². The zero-order chi connectivity index (χ0) is 16.3. The maximum atomic E-state index is 5.90. The van der Waals surface area contributed by atoms with Crippen LogP contribution in [-0.2, 0) is 0 Å². The number of unbranched alkanes of at least 4 members (excludes halogenated alkanes) is 4. The van der Waals surface area contributed by atoms with Crippen LogP contribution in [0.4, 0.5) is 0 Å². The predicted molar refractivity (Wildman–Crippen MR) is 99.0 cm³/mol.